The van der Waals surface area contributed by atoms with Crippen LogP contribution in [-0.4, -0.2) is 42.1 Å². The molecule has 0 aromatic carbocycles. The number of hydrogen-bond acceptors (Lipinski definition) is 3. The summed E-state index contributed by atoms with van der Waals surface area (Å²) in [7, 11) is -0.309. The normalized spacial score (nSPS) is 25.1. The molecule has 0 atom stereocenters. The molecule has 4 heteroatoms. The van der Waals surface area contributed by atoms with Gasteiger partial charge >= 0.3 is 7.05 Å². The highest BCUT2D eigenvalue weighted by Crippen LogP contribution is 2.10. The Hall–Kier alpha value is -0.0551. The van der Waals surface area contributed by atoms with Crippen LogP contribution in [0.4, 0.5) is 0 Å². The molecule has 0 radical (unpaired) electrons. The lowest BCUT2D eigenvalue weighted by Gasteiger charge is -2.39. The van der Waals surface area contributed by atoms with Gasteiger partial charge in [0.1, 0.15) is 0 Å². The summed E-state index contributed by atoms with van der Waals surface area (Å²) in [5.74, 6) is 0. The third kappa shape index (κ3) is 2.47. The number of nitrogens with one attached hydrogen (secondary N) is 1. The minimum atomic E-state index is -0.309. The zero-order valence-electron chi connectivity index (χ0n) is 7.59. The Morgan fingerprint density at radius 1 is 1.55 bits per heavy atom. The molecule has 1 aliphatic rings. The average Bonchev–Trinajstić information content (AvgIpc) is 1.85. The second-order valence-corrected chi connectivity index (χ2v) is 3.91. The van der Waals surface area contributed by atoms with Crippen molar-refractivity contribution < 1.29 is 5.02 Å². The van der Waals surface area contributed by atoms with Crippen LogP contribution >= 0.6 is 0 Å². The molecule has 0 saturated carbocycles. The van der Waals surface area contributed by atoms with E-state index in [1.54, 1.807) is 0 Å². The molecule has 1 heterocycles. The number of nitrogens with zero attached hydrogens (tertiary/aromatic N) is 1. The highest BCUT2D eigenvalue weighted by Gasteiger charge is 2.28. The van der Waals surface area contributed by atoms with Crippen molar-refractivity contribution in [2.75, 3.05) is 19.6 Å². The Morgan fingerprint density at radius 3 is 2.55 bits per heavy atom. The summed E-state index contributed by atoms with van der Waals surface area (Å²) in [6, 6.07) is 0. The van der Waals surface area contributed by atoms with E-state index in [1.165, 1.54) is 0 Å². The third-order valence-corrected chi connectivity index (χ3v) is 2.13. The first-order chi connectivity index (χ1) is 5.01. The third-order valence-electron chi connectivity index (χ3n) is 2.13. The molecule has 0 bridgehead atoms. The maximum Gasteiger partial charge on any atom is 0.376 e. The van der Waals surface area contributed by atoms with Gasteiger partial charge in [-0.3, -0.25) is 0 Å². The van der Waals surface area contributed by atoms with Crippen LogP contribution in [0.2, 0.25) is 6.82 Å². The molecule has 1 saturated heterocycles. The van der Waals surface area contributed by atoms with E-state index in [-0.39, 0.29) is 12.6 Å². The fraction of sp³-hybridized carbons (Fsp3) is 1.00. The maximum atomic E-state index is 9.31. The van der Waals surface area contributed by atoms with Gasteiger partial charge in [-0.25, -0.2) is 0 Å². The zero-order valence-corrected chi connectivity index (χ0v) is 7.59. The SMILES string of the molecule is CB(O)N1CCNC(C)(C)C1. The lowest BCUT2D eigenvalue weighted by atomic mass is 9.82. The van der Waals surface area contributed by atoms with E-state index in [0.717, 1.165) is 19.6 Å². The lowest BCUT2D eigenvalue weighted by Crippen LogP contribution is -2.60. The van der Waals surface area contributed by atoms with Crippen LogP contribution in [-0.2, 0) is 0 Å². The van der Waals surface area contributed by atoms with E-state index in [2.05, 4.69) is 24.0 Å². The number of piperazine rings is 1. The molecule has 0 unspecified atom stereocenters. The van der Waals surface area contributed by atoms with Gasteiger partial charge in [0.05, 0.1) is 0 Å². The minimum absolute atomic E-state index is 0.148. The Bertz CT molecular complexity index is 138. The van der Waals surface area contributed by atoms with E-state index < -0.39 is 0 Å². The van der Waals surface area contributed by atoms with Crippen molar-refractivity contribution in [2.45, 2.75) is 26.2 Å². The van der Waals surface area contributed by atoms with Gasteiger partial charge < -0.3 is 15.2 Å². The molecule has 0 aliphatic carbocycles. The number of hydrogen-bond donors (Lipinski definition) is 2. The molecule has 64 valence electrons. The largest absolute Gasteiger partial charge is 0.437 e. The standard InChI is InChI=1S/C7H17BN2O/c1-7(2)6-10(8(3)11)5-4-9-7/h9,11H,4-6H2,1-3H3. The van der Waals surface area contributed by atoms with E-state index in [0.29, 0.717) is 0 Å². The molecule has 3 nitrogen and oxygen atoms in total. The van der Waals surface area contributed by atoms with Crippen molar-refractivity contribution in [3.63, 3.8) is 0 Å². The Kier molecular flexibility index (Phi) is 2.57. The lowest BCUT2D eigenvalue weighted by molar-refractivity contribution is 0.214. The van der Waals surface area contributed by atoms with Crippen LogP contribution in [0, 0.1) is 0 Å². The summed E-state index contributed by atoms with van der Waals surface area (Å²) in [6.45, 7) is 8.97. The van der Waals surface area contributed by atoms with Crippen molar-refractivity contribution in [3.05, 3.63) is 0 Å². The second kappa shape index (κ2) is 3.13. The highest BCUT2D eigenvalue weighted by atomic mass is 16.2. The fourth-order valence-corrected chi connectivity index (χ4v) is 1.50. The molecule has 0 spiro atoms. The van der Waals surface area contributed by atoms with Crippen LogP contribution in [0.1, 0.15) is 13.8 Å². The van der Waals surface area contributed by atoms with Gasteiger partial charge in [0.25, 0.3) is 0 Å². The molecule has 2 N–H and O–H groups in total. The second-order valence-electron chi connectivity index (χ2n) is 3.91. The van der Waals surface area contributed by atoms with Crippen LogP contribution in [0.25, 0.3) is 0 Å². The van der Waals surface area contributed by atoms with Gasteiger partial charge in [0, 0.05) is 25.2 Å². The molecule has 1 fully saturated rings. The van der Waals surface area contributed by atoms with Gasteiger partial charge in [-0.1, -0.05) is 0 Å². The highest BCUT2D eigenvalue weighted by molar-refractivity contribution is 6.45. The molecule has 0 aromatic rings. The first-order valence-corrected chi connectivity index (χ1v) is 4.18. The summed E-state index contributed by atoms with van der Waals surface area (Å²) in [5.41, 5.74) is 0.148. The molecular weight excluding hydrogens is 139 g/mol. The fourth-order valence-electron chi connectivity index (χ4n) is 1.50. The zero-order chi connectivity index (χ0) is 8.48. The van der Waals surface area contributed by atoms with E-state index in [9.17, 15) is 5.02 Å². The van der Waals surface area contributed by atoms with Crippen molar-refractivity contribution >= 4 is 7.05 Å². The molecule has 1 rings (SSSR count). The predicted octanol–water partition coefficient (Wildman–Crippen LogP) is -0.220. The van der Waals surface area contributed by atoms with Crippen molar-refractivity contribution in [2.24, 2.45) is 0 Å². The van der Waals surface area contributed by atoms with E-state index in [4.69, 9.17) is 0 Å². The van der Waals surface area contributed by atoms with E-state index >= 15 is 0 Å². The van der Waals surface area contributed by atoms with Crippen LogP contribution in [0.5, 0.6) is 0 Å². The quantitative estimate of drug-likeness (QED) is 0.515. The Balaban J connectivity index is 2.46. The topological polar surface area (TPSA) is 35.5 Å². The summed E-state index contributed by atoms with van der Waals surface area (Å²) in [6.07, 6.45) is 0. The minimum Gasteiger partial charge on any atom is -0.437 e. The Labute approximate surface area is 68.9 Å². The predicted molar refractivity (Wildman–Crippen MR) is 47.5 cm³/mol. The van der Waals surface area contributed by atoms with Crippen LogP contribution < -0.4 is 5.32 Å². The summed E-state index contributed by atoms with van der Waals surface area (Å²) in [5, 5.41) is 12.7. The van der Waals surface area contributed by atoms with Crippen LogP contribution in [0.15, 0.2) is 0 Å². The van der Waals surface area contributed by atoms with Crippen molar-refractivity contribution in [1.29, 1.82) is 0 Å². The first kappa shape index (κ1) is 9.04. The molecule has 11 heavy (non-hydrogen) atoms. The molecule has 0 aromatic heterocycles. The van der Waals surface area contributed by atoms with Gasteiger partial charge in [0.15, 0.2) is 0 Å². The molecular formula is C7H17BN2O. The molecule has 1 aliphatic heterocycles. The van der Waals surface area contributed by atoms with Crippen molar-refractivity contribution in [1.82, 2.24) is 10.1 Å². The summed E-state index contributed by atoms with van der Waals surface area (Å²) >= 11 is 0. The summed E-state index contributed by atoms with van der Waals surface area (Å²) in [4.78, 5) is 2.08. The van der Waals surface area contributed by atoms with Crippen LogP contribution in [0.3, 0.4) is 0 Å². The maximum absolute atomic E-state index is 9.31. The van der Waals surface area contributed by atoms with Gasteiger partial charge in [-0.15, -0.1) is 0 Å². The monoisotopic (exact) mass is 156 g/mol. The molecule has 0 amide bonds. The average molecular weight is 156 g/mol. The van der Waals surface area contributed by atoms with Gasteiger partial charge in [-0.2, -0.15) is 0 Å². The smallest absolute Gasteiger partial charge is 0.376 e. The van der Waals surface area contributed by atoms with Crippen molar-refractivity contribution in [3.8, 4) is 0 Å². The van der Waals surface area contributed by atoms with E-state index in [1.807, 2.05) is 6.82 Å². The first-order valence-electron chi connectivity index (χ1n) is 4.18. The van der Waals surface area contributed by atoms with Gasteiger partial charge in [-0.05, 0) is 20.7 Å². The Morgan fingerprint density at radius 2 is 2.18 bits per heavy atom. The number of rotatable bonds is 1. The van der Waals surface area contributed by atoms with Gasteiger partial charge in [0.2, 0.25) is 0 Å². The summed E-state index contributed by atoms with van der Waals surface area (Å²) < 4.78 is 0.